The van der Waals surface area contributed by atoms with Crippen LogP contribution in [0.1, 0.15) is 0 Å². The first-order valence-electron chi connectivity index (χ1n) is 8.70. The first-order valence-corrected chi connectivity index (χ1v) is 11.3. The zero-order valence-corrected chi connectivity index (χ0v) is 17.8. The van der Waals surface area contributed by atoms with Crippen LogP contribution in [0.5, 0.6) is 34.5 Å². The second-order valence-corrected chi connectivity index (χ2v) is 8.50. The van der Waals surface area contributed by atoms with Crippen LogP contribution < -0.4 is 27.8 Å². The van der Waals surface area contributed by atoms with E-state index in [9.17, 15) is 0 Å². The number of hydrogen-bond donors (Lipinski definition) is 0. The lowest BCUT2D eigenvalue weighted by atomic mass is 10.3. The Hall–Kier alpha value is -4.42. The maximum atomic E-state index is 8.60. The zero-order chi connectivity index (χ0) is 22.8. The van der Waals surface area contributed by atoms with Gasteiger partial charge in [0.05, 0.1) is 0 Å². The molecule has 0 aliphatic carbocycles. The molecule has 3 aromatic rings. The molecule has 3 aromatic carbocycles. The second-order valence-electron chi connectivity index (χ2n) is 5.72. The number of nitriles is 3. The fourth-order valence-corrected chi connectivity index (χ4v) is 4.33. The highest BCUT2D eigenvalue weighted by atomic mass is 32.5. The van der Waals surface area contributed by atoms with Crippen molar-refractivity contribution in [3.63, 3.8) is 0 Å². The van der Waals surface area contributed by atoms with Crippen LogP contribution in [0.25, 0.3) is 0 Å². The Morgan fingerprint density at radius 1 is 0.469 bits per heavy atom. The normalized spacial score (nSPS) is 9.91. The molecule has 3 rings (SSSR count). The van der Waals surface area contributed by atoms with Gasteiger partial charge in [-0.1, -0.05) is 0 Å². The van der Waals surface area contributed by atoms with E-state index in [2.05, 4.69) is 0 Å². The number of rotatable bonds is 9. The first-order chi connectivity index (χ1) is 15.5. The minimum Gasteiger partial charge on any atom is -0.407 e. The van der Waals surface area contributed by atoms with E-state index < -0.39 is 6.72 Å². The molecule has 11 heteroatoms. The van der Waals surface area contributed by atoms with Crippen LogP contribution in [0.15, 0.2) is 72.8 Å². The van der Waals surface area contributed by atoms with Crippen molar-refractivity contribution in [2.45, 2.75) is 0 Å². The van der Waals surface area contributed by atoms with Gasteiger partial charge in [0.2, 0.25) is 0 Å². The highest BCUT2D eigenvalue weighted by Crippen LogP contribution is 2.50. The van der Waals surface area contributed by atoms with E-state index in [1.807, 2.05) is 0 Å². The smallest absolute Gasteiger partial charge is 0.407 e. The van der Waals surface area contributed by atoms with Crippen molar-refractivity contribution in [3.05, 3.63) is 72.8 Å². The van der Waals surface area contributed by atoms with Gasteiger partial charge < -0.3 is 27.8 Å². The van der Waals surface area contributed by atoms with Crippen LogP contribution in [0, 0.1) is 34.6 Å². The number of hydrogen-bond acceptors (Lipinski definition) is 10. The van der Waals surface area contributed by atoms with Gasteiger partial charge in [-0.2, -0.15) is 0 Å². The molecule has 0 saturated carbocycles. The van der Waals surface area contributed by atoms with E-state index in [1.54, 1.807) is 55.2 Å². The molecule has 0 unspecified atom stereocenters. The monoisotopic (exact) mass is 465 g/mol. The average molecular weight is 465 g/mol. The lowest BCUT2D eigenvalue weighted by Gasteiger charge is -2.23. The third-order valence-electron chi connectivity index (χ3n) is 3.61. The van der Waals surface area contributed by atoms with Crippen molar-refractivity contribution in [1.82, 2.24) is 0 Å². The van der Waals surface area contributed by atoms with E-state index >= 15 is 0 Å². The van der Waals surface area contributed by atoms with Crippen molar-refractivity contribution in [2.75, 3.05) is 0 Å². The number of ether oxygens (including phenoxy) is 3. The van der Waals surface area contributed by atoms with Crippen molar-refractivity contribution in [2.24, 2.45) is 0 Å². The molecular formula is C21H12N3O6PS. The summed E-state index contributed by atoms with van der Waals surface area (Å²) in [5.74, 6) is 1.97. The van der Waals surface area contributed by atoms with E-state index in [4.69, 9.17) is 55.4 Å². The van der Waals surface area contributed by atoms with Crippen molar-refractivity contribution >= 4 is 18.5 Å². The van der Waals surface area contributed by atoms with Gasteiger partial charge in [0.1, 0.15) is 34.5 Å². The summed E-state index contributed by atoms with van der Waals surface area (Å²) in [5.41, 5.74) is 0. The minimum atomic E-state index is -3.46. The Kier molecular flexibility index (Phi) is 7.35. The maximum Gasteiger partial charge on any atom is 0.490 e. The van der Waals surface area contributed by atoms with Gasteiger partial charge in [0, 0.05) is 11.8 Å². The molecule has 0 radical (unpaired) electrons. The van der Waals surface area contributed by atoms with Crippen molar-refractivity contribution < 1.29 is 27.8 Å². The van der Waals surface area contributed by atoms with Gasteiger partial charge in [0.25, 0.3) is 18.8 Å². The summed E-state index contributed by atoms with van der Waals surface area (Å²) < 4.78 is 31.9. The number of nitrogens with zero attached hydrogens (tertiary/aromatic N) is 3. The SMILES string of the molecule is N#COc1ccc(OP(=S)(Oc2ccc(OC#N)cc2)Oc2ccc(OC#N)cc2)cc1. The summed E-state index contributed by atoms with van der Waals surface area (Å²) in [6.07, 6.45) is 4.74. The molecule has 0 N–H and O–H groups in total. The second kappa shape index (κ2) is 10.6. The summed E-state index contributed by atoms with van der Waals surface area (Å²) in [4.78, 5) is 0. The fourth-order valence-electron chi connectivity index (χ4n) is 2.31. The number of benzene rings is 3. The summed E-state index contributed by atoms with van der Waals surface area (Å²) in [6.45, 7) is -3.46. The van der Waals surface area contributed by atoms with Crippen molar-refractivity contribution in [1.29, 1.82) is 15.8 Å². The van der Waals surface area contributed by atoms with E-state index in [0.29, 0.717) is 34.5 Å². The van der Waals surface area contributed by atoms with Crippen LogP contribution >= 0.6 is 6.72 Å². The Bertz CT molecular complexity index is 1070. The quantitative estimate of drug-likeness (QED) is 0.314. The van der Waals surface area contributed by atoms with Crippen LogP contribution in [0.4, 0.5) is 0 Å². The molecule has 0 heterocycles. The third-order valence-corrected chi connectivity index (χ3v) is 5.59. The molecule has 158 valence electrons. The van der Waals surface area contributed by atoms with Crippen LogP contribution in [0.3, 0.4) is 0 Å². The lowest BCUT2D eigenvalue weighted by molar-refractivity contribution is 0.383. The molecule has 0 bridgehead atoms. The molecular weight excluding hydrogens is 453 g/mol. The summed E-state index contributed by atoms with van der Waals surface area (Å²) in [5, 5.41) is 25.8. The standard InChI is InChI=1S/C21H12N3O6PS/c22-13-25-16-1-7-19(8-2-16)28-31(32,29-20-9-3-17(4-10-20)26-14-23)30-21-11-5-18(6-12-21)27-15-24/h1-12H. The largest absolute Gasteiger partial charge is 0.490 e. The summed E-state index contributed by atoms with van der Waals surface area (Å²) in [7, 11) is 0. The van der Waals surface area contributed by atoms with E-state index in [1.165, 1.54) is 36.4 Å². The van der Waals surface area contributed by atoms with Gasteiger partial charge in [-0.25, -0.2) is 0 Å². The first kappa shape index (κ1) is 22.3. The summed E-state index contributed by atoms with van der Waals surface area (Å²) >= 11 is 5.59. The predicted octanol–water partition coefficient (Wildman–Crippen LogP) is 5.03. The Morgan fingerprint density at radius 3 is 0.906 bits per heavy atom. The zero-order valence-electron chi connectivity index (χ0n) is 16.1. The highest BCUT2D eigenvalue weighted by Gasteiger charge is 2.27. The highest BCUT2D eigenvalue weighted by molar-refractivity contribution is 8.08. The maximum absolute atomic E-state index is 8.60. The van der Waals surface area contributed by atoms with Crippen molar-refractivity contribution in [3.8, 4) is 53.3 Å². The Balaban J connectivity index is 1.85. The molecule has 0 aliphatic heterocycles. The molecule has 32 heavy (non-hydrogen) atoms. The topological polar surface area (TPSA) is 127 Å². The minimum absolute atomic E-state index is 0.326. The summed E-state index contributed by atoms with van der Waals surface area (Å²) in [6, 6.07) is 18.5. The fraction of sp³-hybridized carbons (Fsp3) is 0. The van der Waals surface area contributed by atoms with Gasteiger partial charge in [-0.15, -0.1) is 15.8 Å². The third kappa shape index (κ3) is 6.29. The molecule has 0 fully saturated rings. The van der Waals surface area contributed by atoms with E-state index in [-0.39, 0.29) is 0 Å². The van der Waals surface area contributed by atoms with Gasteiger partial charge in [0.15, 0.2) is 0 Å². The molecule has 0 spiro atoms. The van der Waals surface area contributed by atoms with Gasteiger partial charge in [-0.05, 0) is 72.8 Å². The molecule has 0 aromatic heterocycles. The molecule has 0 aliphatic rings. The van der Waals surface area contributed by atoms with Crippen LogP contribution in [0.2, 0.25) is 0 Å². The van der Waals surface area contributed by atoms with Crippen LogP contribution in [-0.2, 0) is 11.8 Å². The Morgan fingerprint density at radius 2 is 0.688 bits per heavy atom. The van der Waals surface area contributed by atoms with Gasteiger partial charge in [-0.3, -0.25) is 0 Å². The average Bonchev–Trinajstić information content (AvgIpc) is 2.78. The predicted molar refractivity (Wildman–Crippen MR) is 114 cm³/mol. The molecule has 9 nitrogen and oxygen atoms in total. The lowest BCUT2D eigenvalue weighted by Crippen LogP contribution is -2.07. The van der Waals surface area contributed by atoms with E-state index in [0.717, 1.165) is 0 Å². The van der Waals surface area contributed by atoms with Crippen LogP contribution in [-0.4, -0.2) is 0 Å². The molecule has 0 atom stereocenters. The molecule has 0 amide bonds. The van der Waals surface area contributed by atoms with Gasteiger partial charge >= 0.3 is 6.72 Å². The Labute approximate surface area is 188 Å². The molecule has 0 saturated heterocycles.